The van der Waals surface area contributed by atoms with E-state index in [9.17, 15) is 4.79 Å². The third kappa shape index (κ3) is 2.08. The average molecular weight is 218 g/mol. The molecule has 2 rings (SSSR count). The Morgan fingerprint density at radius 2 is 2.25 bits per heavy atom. The third-order valence-corrected chi connectivity index (χ3v) is 2.49. The number of esters is 1. The second-order valence-corrected chi connectivity index (χ2v) is 3.73. The van der Waals surface area contributed by atoms with Gasteiger partial charge < -0.3 is 9.15 Å². The minimum absolute atomic E-state index is 0.192. The molecule has 1 aromatic carbocycles. The van der Waals surface area contributed by atoms with E-state index in [4.69, 9.17) is 9.15 Å². The number of furan rings is 1. The molecule has 0 N–H and O–H groups in total. The molecular weight excluding hydrogens is 204 g/mol. The first kappa shape index (κ1) is 10.7. The summed E-state index contributed by atoms with van der Waals surface area (Å²) in [5.74, 6) is -0.192. The van der Waals surface area contributed by atoms with Gasteiger partial charge in [-0.1, -0.05) is 6.07 Å². The van der Waals surface area contributed by atoms with E-state index in [2.05, 4.69) is 0 Å². The van der Waals surface area contributed by atoms with Crippen LogP contribution in [0.2, 0.25) is 0 Å². The van der Waals surface area contributed by atoms with Crippen LogP contribution in [-0.4, -0.2) is 12.6 Å². The van der Waals surface area contributed by atoms with E-state index in [1.165, 1.54) is 0 Å². The molecule has 0 aliphatic heterocycles. The van der Waals surface area contributed by atoms with Crippen LogP contribution in [0.4, 0.5) is 0 Å². The second-order valence-electron chi connectivity index (χ2n) is 3.73. The van der Waals surface area contributed by atoms with Crippen molar-refractivity contribution in [2.45, 2.75) is 20.3 Å². The topological polar surface area (TPSA) is 39.4 Å². The number of carbonyl (C=O) groups is 1. The number of aryl methyl sites for hydroxylation is 1. The maximum Gasteiger partial charge on any atom is 0.310 e. The number of ether oxygens (including phenoxy) is 1. The highest BCUT2D eigenvalue weighted by Crippen LogP contribution is 2.21. The van der Waals surface area contributed by atoms with Crippen molar-refractivity contribution in [3.8, 4) is 0 Å². The molecule has 84 valence electrons. The van der Waals surface area contributed by atoms with Crippen LogP contribution in [0, 0.1) is 6.92 Å². The van der Waals surface area contributed by atoms with E-state index in [0.29, 0.717) is 13.0 Å². The lowest BCUT2D eigenvalue weighted by Crippen LogP contribution is -2.07. The van der Waals surface area contributed by atoms with Crippen molar-refractivity contribution in [3.05, 3.63) is 35.6 Å². The van der Waals surface area contributed by atoms with Gasteiger partial charge in [-0.05, 0) is 37.1 Å². The molecule has 16 heavy (non-hydrogen) atoms. The second kappa shape index (κ2) is 4.39. The maximum absolute atomic E-state index is 11.3. The standard InChI is InChI=1S/C13H14O3/c1-3-15-13(14)7-10-4-5-12-11(6-10)9(2)8-16-12/h4-6,8H,3,7H2,1-2H3. The summed E-state index contributed by atoms with van der Waals surface area (Å²) < 4.78 is 10.2. The van der Waals surface area contributed by atoms with Crippen molar-refractivity contribution in [3.63, 3.8) is 0 Å². The number of rotatable bonds is 3. The molecule has 1 aromatic heterocycles. The van der Waals surface area contributed by atoms with Crippen molar-refractivity contribution >= 4 is 16.9 Å². The highest BCUT2D eigenvalue weighted by atomic mass is 16.5. The Bertz CT molecular complexity index is 511. The summed E-state index contributed by atoms with van der Waals surface area (Å²) in [5.41, 5.74) is 2.89. The lowest BCUT2D eigenvalue weighted by molar-refractivity contribution is -0.142. The van der Waals surface area contributed by atoms with Crippen LogP contribution in [0.3, 0.4) is 0 Å². The van der Waals surface area contributed by atoms with Gasteiger partial charge in [0.1, 0.15) is 5.58 Å². The Kier molecular flexibility index (Phi) is 2.95. The zero-order valence-electron chi connectivity index (χ0n) is 9.45. The average Bonchev–Trinajstić information content (AvgIpc) is 2.61. The van der Waals surface area contributed by atoms with Crippen molar-refractivity contribution in [2.24, 2.45) is 0 Å². The van der Waals surface area contributed by atoms with Gasteiger partial charge in [-0.2, -0.15) is 0 Å². The molecule has 0 saturated heterocycles. The van der Waals surface area contributed by atoms with Gasteiger partial charge in [-0.15, -0.1) is 0 Å². The van der Waals surface area contributed by atoms with Crippen molar-refractivity contribution in [1.82, 2.24) is 0 Å². The molecule has 3 heteroatoms. The Morgan fingerprint density at radius 3 is 3.00 bits per heavy atom. The zero-order valence-corrected chi connectivity index (χ0v) is 9.45. The molecule has 0 amide bonds. The first-order chi connectivity index (χ1) is 7.70. The molecule has 1 heterocycles. The molecule has 0 saturated carbocycles. The van der Waals surface area contributed by atoms with Crippen LogP contribution in [0.15, 0.2) is 28.9 Å². The molecule has 2 aromatic rings. The Labute approximate surface area is 94.0 Å². The van der Waals surface area contributed by atoms with Crippen LogP contribution in [0.25, 0.3) is 11.0 Å². The quantitative estimate of drug-likeness (QED) is 0.743. The molecule has 0 atom stereocenters. The van der Waals surface area contributed by atoms with Gasteiger partial charge >= 0.3 is 5.97 Å². The summed E-state index contributed by atoms with van der Waals surface area (Å²) in [6, 6.07) is 5.75. The largest absolute Gasteiger partial charge is 0.466 e. The first-order valence-electron chi connectivity index (χ1n) is 5.33. The number of hydrogen-bond acceptors (Lipinski definition) is 3. The number of carbonyl (C=O) groups excluding carboxylic acids is 1. The highest BCUT2D eigenvalue weighted by Gasteiger charge is 2.07. The fourth-order valence-electron chi connectivity index (χ4n) is 1.69. The van der Waals surface area contributed by atoms with Crippen molar-refractivity contribution in [2.75, 3.05) is 6.61 Å². The van der Waals surface area contributed by atoms with Crippen molar-refractivity contribution < 1.29 is 13.9 Å². The van der Waals surface area contributed by atoms with E-state index < -0.39 is 0 Å². The van der Waals surface area contributed by atoms with E-state index >= 15 is 0 Å². The fourth-order valence-corrected chi connectivity index (χ4v) is 1.69. The van der Waals surface area contributed by atoms with Crippen LogP contribution in [0.1, 0.15) is 18.1 Å². The number of hydrogen-bond donors (Lipinski definition) is 0. The summed E-state index contributed by atoms with van der Waals surface area (Å²) in [5, 5.41) is 1.06. The monoisotopic (exact) mass is 218 g/mol. The maximum atomic E-state index is 11.3. The van der Waals surface area contributed by atoms with Gasteiger partial charge in [0.25, 0.3) is 0 Å². The van der Waals surface area contributed by atoms with Gasteiger partial charge in [0.2, 0.25) is 0 Å². The third-order valence-electron chi connectivity index (χ3n) is 2.49. The zero-order chi connectivity index (χ0) is 11.5. The van der Waals surface area contributed by atoms with E-state index in [-0.39, 0.29) is 5.97 Å². The van der Waals surface area contributed by atoms with Gasteiger partial charge in [-0.25, -0.2) is 0 Å². The molecule has 0 fully saturated rings. The normalized spacial score (nSPS) is 10.6. The smallest absolute Gasteiger partial charge is 0.310 e. The Balaban J connectivity index is 2.25. The number of fused-ring (bicyclic) bond motifs is 1. The Hall–Kier alpha value is -1.77. The van der Waals surface area contributed by atoms with Crippen molar-refractivity contribution in [1.29, 1.82) is 0 Å². The molecule has 0 radical (unpaired) electrons. The molecule has 0 aliphatic carbocycles. The predicted molar refractivity (Wildman–Crippen MR) is 61.3 cm³/mol. The van der Waals surface area contributed by atoms with E-state index in [1.807, 2.05) is 25.1 Å². The predicted octanol–water partition coefficient (Wildman–Crippen LogP) is 2.85. The van der Waals surface area contributed by atoms with E-state index in [0.717, 1.165) is 22.1 Å². The van der Waals surface area contributed by atoms with E-state index in [1.54, 1.807) is 13.2 Å². The summed E-state index contributed by atoms with van der Waals surface area (Å²) in [6.45, 7) is 4.22. The summed E-state index contributed by atoms with van der Waals surface area (Å²) >= 11 is 0. The van der Waals surface area contributed by atoms with Gasteiger partial charge in [0.05, 0.1) is 19.3 Å². The molecule has 3 nitrogen and oxygen atoms in total. The summed E-state index contributed by atoms with van der Waals surface area (Å²) in [6.07, 6.45) is 2.03. The molecule has 0 aliphatic rings. The summed E-state index contributed by atoms with van der Waals surface area (Å²) in [7, 11) is 0. The minimum Gasteiger partial charge on any atom is -0.466 e. The lowest BCUT2D eigenvalue weighted by Gasteiger charge is -2.02. The highest BCUT2D eigenvalue weighted by molar-refractivity contribution is 5.83. The first-order valence-corrected chi connectivity index (χ1v) is 5.33. The SMILES string of the molecule is CCOC(=O)Cc1ccc2occ(C)c2c1. The van der Waals surface area contributed by atoms with Gasteiger partial charge in [0, 0.05) is 5.39 Å². The van der Waals surface area contributed by atoms with Crippen LogP contribution in [-0.2, 0) is 16.0 Å². The molecule has 0 spiro atoms. The minimum atomic E-state index is -0.192. The molecule has 0 unspecified atom stereocenters. The van der Waals surface area contributed by atoms with Gasteiger partial charge in [0.15, 0.2) is 0 Å². The Morgan fingerprint density at radius 1 is 1.44 bits per heavy atom. The van der Waals surface area contributed by atoms with Crippen LogP contribution >= 0.6 is 0 Å². The lowest BCUT2D eigenvalue weighted by atomic mass is 10.1. The molecular formula is C13H14O3. The summed E-state index contributed by atoms with van der Waals surface area (Å²) in [4.78, 5) is 11.3. The van der Waals surface area contributed by atoms with Crippen LogP contribution < -0.4 is 0 Å². The molecule has 0 bridgehead atoms. The fraction of sp³-hybridized carbons (Fsp3) is 0.308. The number of benzene rings is 1. The van der Waals surface area contributed by atoms with Crippen LogP contribution in [0.5, 0.6) is 0 Å². The van der Waals surface area contributed by atoms with Gasteiger partial charge in [-0.3, -0.25) is 4.79 Å².